The lowest BCUT2D eigenvalue weighted by Gasteiger charge is -2.37. The summed E-state index contributed by atoms with van der Waals surface area (Å²) in [5, 5.41) is 2.71. The van der Waals surface area contributed by atoms with Gasteiger partial charge in [-0.25, -0.2) is 0 Å². The third-order valence-corrected chi connectivity index (χ3v) is 3.26. The van der Waals surface area contributed by atoms with Gasteiger partial charge in [-0.15, -0.1) is 0 Å². The van der Waals surface area contributed by atoms with E-state index < -0.39 is 5.54 Å². The average molecular weight is 260 g/mol. The molecule has 1 aromatic rings. The predicted octanol–water partition coefficient (Wildman–Crippen LogP) is 1.54. The van der Waals surface area contributed by atoms with Crippen LogP contribution in [0.2, 0.25) is 0 Å². The van der Waals surface area contributed by atoms with E-state index in [0.717, 1.165) is 5.56 Å². The molecule has 2 amide bonds. The van der Waals surface area contributed by atoms with Gasteiger partial charge in [0.1, 0.15) is 5.54 Å². The molecule has 0 aliphatic carbocycles. The maximum Gasteiger partial charge on any atom is 0.248 e. The molecule has 4 nitrogen and oxygen atoms in total. The zero-order valence-corrected chi connectivity index (χ0v) is 11.9. The number of rotatable bonds is 2. The number of carbonyl (C=O) groups is 2. The van der Waals surface area contributed by atoms with Gasteiger partial charge < -0.3 is 10.2 Å². The molecule has 0 saturated carbocycles. The second-order valence-electron chi connectivity index (χ2n) is 5.83. The van der Waals surface area contributed by atoms with Crippen molar-refractivity contribution >= 4 is 11.8 Å². The summed E-state index contributed by atoms with van der Waals surface area (Å²) in [5.74, 6) is -0.139. The summed E-state index contributed by atoms with van der Waals surface area (Å²) < 4.78 is 0. The maximum atomic E-state index is 12.3. The molecule has 0 atom stereocenters. The number of nitrogens with one attached hydrogen (secondary N) is 1. The van der Waals surface area contributed by atoms with Gasteiger partial charge in [0.05, 0.1) is 6.54 Å². The third kappa shape index (κ3) is 2.95. The highest BCUT2D eigenvalue weighted by Crippen LogP contribution is 2.17. The Bertz CT molecular complexity index is 515. The van der Waals surface area contributed by atoms with E-state index in [9.17, 15) is 9.59 Å². The lowest BCUT2D eigenvalue weighted by atomic mass is 9.99. The zero-order chi connectivity index (χ0) is 14.2. The van der Waals surface area contributed by atoms with E-state index in [1.54, 1.807) is 18.7 Å². The average Bonchev–Trinajstić information content (AvgIpc) is 2.23. The van der Waals surface area contributed by atoms with Crippen molar-refractivity contribution < 1.29 is 9.59 Å². The first-order chi connectivity index (χ1) is 8.78. The lowest BCUT2D eigenvalue weighted by Crippen LogP contribution is -2.63. The Labute approximate surface area is 113 Å². The number of hydrogen-bond acceptors (Lipinski definition) is 2. The van der Waals surface area contributed by atoms with E-state index in [1.807, 2.05) is 13.8 Å². The molecule has 1 aliphatic heterocycles. The SMILES string of the molecule is Cc1cc(C)cc(CN2CC(=O)NC(C)(C)C2=O)c1. The molecular formula is C15H20N2O2. The topological polar surface area (TPSA) is 49.4 Å². The van der Waals surface area contributed by atoms with Crippen molar-refractivity contribution in [3.8, 4) is 0 Å². The van der Waals surface area contributed by atoms with Gasteiger partial charge in [0.15, 0.2) is 0 Å². The summed E-state index contributed by atoms with van der Waals surface area (Å²) in [7, 11) is 0. The fourth-order valence-electron chi connectivity index (χ4n) is 2.59. The Morgan fingerprint density at radius 3 is 2.32 bits per heavy atom. The standard InChI is InChI=1S/C15H20N2O2/c1-10-5-11(2)7-12(6-10)8-17-9-13(18)16-15(3,4)14(17)19/h5-7H,8-9H2,1-4H3,(H,16,18). The fraction of sp³-hybridized carbons (Fsp3) is 0.467. The van der Waals surface area contributed by atoms with Crippen LogP contribution in [0.4, 0.5) is 0 Å². The summed E-state index contributed by atoms with van der Waals surface area (Å²) in [6, 6.07) is 6.21. The van der Waals surface area contributed by atoms with E-state index in [2.05, 4.69) is 23.5 Å². The number of amides is 2. The molecule has 1 heterocycles. The third-order valence-electron chi connectivity index (χ3n) is 3.26. The van der Waals surface area contributed by atoms with Gasteiger partial charge in [0.25, 0.3) is 0 Å². The Morgan fingerprint density at radius 2 is 1.74 bits per heavy atom. The fourth-order valence-corrected chi connectivity index (χ4v) is 2.59. The quantitative estimate of drug-likeness (QED) is 0.877. The Kier molecular flexibility index (Phi) is 3.35. The molecule has 1 aromatic carbocycles. The Balaban J connectivity index is 2.22. The second kappa shape index (κ2) is 4.68. The minimum atomic E-state index is -0.811. The molecule has 0 unspecified atom stereocenters. The van der Waals surface area contributed by atoms with Crippen LogP contribution in [0.1, 0.15) is 30.5 Å². The number of carbonyl (C=O) groups excluding carboxylic acids is 2. The monoisotopic (exact) mass is 260 g/mol. The van der Waals surface area contributed by atoms with Crippen molar-refractivity contribution in [1.82, 2.24) is 10.2 Å². The molecule has 1 fully saturated rings. The first kappa shape index (κ1) is 13.6. The van der Waals surface area contributed by atoms with Crippen molar-refractivity contribution in [2.45, 2.75) is 39.8 Å². The number of piperazine rings is 1. The largest absolute Gasteiger partial charge is 0.341 e. The van der Waals surface area contributed by atoms with Gasteiger partial charge in [0.2, 0.25) is 11.8 Å². The number of nitrogens with zero attached hydrogens (tertiary/aromatic N) is 1. The maximum absolute atomic E-state index is 12.3. The van der Waals surface area contributed by atoms with Crippen LogP contribution in [0.25, 0.3) is 0 Å². The minimum absolute atomic E-state index is 0.0359. The number of hydrogen-bond donors (Lipinski definition) is 1. The lowest BCUT2D eigenvalue weighted by molar-refractivity contribution is -0.148. The van der Waals surface area contributed by atoms with Crippen LogP contribution in [-0.2, 0) is 16.1 Å². The van der Waals surface area contributed by atoms with Gasteiger partial charge in [-0.2, -0.15) is 0 Å². The van der Waals surface area contributed by atoms with Crippen molar-refractivity contribution in [2.75, 3.05) is 6.54 Å². The van der Waals surface area contributed by atoms with Crippen molar-refractivity contribution in [3.63, 3.8) is 0 Å². The molecule has 0 aromatic heterocycles. The summed E-state index contributed by atoms with van der Waals surface area (Å²) >= 11 is 0. The van der Waals surface area contributed by atoms with Crippen LogP contribution < -0.4 is 5.32 Å². The van der Waals surface area contributed by atoms with E-state index in [-0.39, 0.29) is 18.4 Å². The van der Waals surface area contributed by atoms with E-state index >= 15 is 0 Å². The van der Waals surface area contributed by atoms with E-state index in [1.165, 1.54) is 11.1 Å². The van der Waals surface area contributed by atoms with Crippen molar-refractivity contribution in [3.05, 3.63) is 34.9 Å². The van der Waals surface area contributed by atoms with Crippen LogP contribution >= 0.6 is 0 Å². The Hall–Kier alpha value is -1.84. The van der Waals surface area contributed by atoms with Crippen LogP contribution in [0.5, 0.6) is 0 Å². The summed E-state index contributed by atoms with van der Waals surface area (Å²) in [4.78, 5) is 25.5. The molecule has 1 aliphatic rings. The molecule has 2 rings (SSSR count). The molecule has 0 spiro atoms. The molecule has 19 heavy (non-hydrogen) atoms. The normalized spacial score (nSPS) is 18.4. The van der Waals surface area contributed by atoms with Gasteiger partial charge in [-0.3, -0.25) is 9.59 Å². The highest BCUT2D eigenvalue weighted by atomic mass is 16.2. The number of benzene rings is 1. The molecule has 1 N–H and O–H groups in total. The summed E-state index contributed by atoms with van der Waals surface area (Å²) in [6.45, 7) is 8.16. The van der Waals surface area contributed by atoms with Crippen LogP contribution in [0.3, 0.4) is 0 Å². The van der Waals surface area contributed by atoms with Crippen LogP contribution in [-0.4, -0.2) is 28.8 Å². The van der Waals surface area contributed by atoms with Gasteiger partial charge in [-0.1, -0.05) is 29.3 Å². The first-order valence-electron chi connectivity index (χ1n) is 6.45. The van der Waals surface area contributed by atoms with Crippen molar-refractivity contribution in [2.24, 2.45) is 0 Å². The minimum Gasteiger partial charge on any atom is -0.341 e. The van der Waals surface area contributed by atoms with Gasteiger partial charge in [0, 0.05) is 6.54 Å². The Morgan fingerprint density at radius 1 is 1.16 bits per heavy atom. The van der Waals surface area contributed by atoms with E-state index in [0.29, 0.717) is 6.54 Å². The van der Waals surface area contributed by atoms with Gasteiger partial charge >= 0.3 is 0 Å². The molecule has 0 bridgehead atoms. The number of aryl methyl sites for hydroxylation is 2. The predicted molar refractivity (Wildman–Crippen MR) is 73.6 cm³/mol. The smallest absolute Gasteiger partial charge is 0.248 e. The van der Waals surface area contributed by atoms with E-state index in [4.69, 9.17) is 0 Å². The van der Waals surface area contributed by atoms with Gasteiger partial charge in [-0.05, 0) is 33.3 Å². The molecule has 0 radical (unpaired) electrons. The molecule has 4 heteroatoms. The summed E-state index contributed by atoms with van der Waals surface area (Å²) in [5.41, 5.74) is 2.59. The zero-order valence-electron chi connectivity index (χ0n) is 11.9. The first-order valence-corrected chi connectivity index (χ1v) is 6.45. The van der Waals surface area contributed by atoms with Crippen LogP contribution in [0, 0.1) is 13.8 Å². The molecule has 1 saturated heterocycles. The highest BCUT2D eigenvalue weighted by molar-refractivity contribution is 5.97. The highest BCUT2D eigenvalue weighted by Gasteiger charge is 2.38. The van der Waals surface area contributed by atoms with Crippen molar-refractivity contribution in [1.29, 1.82) is 0 Å². The molecular weight excluding hydrogens is 240 g/mol. The van der Waals surface area contributed by atoms with Crippen LogP contribution in [0.15, 0.2) is 18.2 Å². The summed E-state index contributed by atoms with van der Waals surface area (Å²) in [6.07, 6.45) is 0. The second-order valence-corrected chi connectivity index (χ2v) is 5.83. The molecule has 102 valence electrons.